The van der Waals surface area contributed by atoms with Crippen LogP contribution in [0.15, 0.2) is 102 Å². The van der Waals surface area contributed by atoms with Crippen LogP contribution in [-0.2, 0) is 17.6 Å². The van der Waals surface area contributed by atoms with E-state index in [0.29, 0.717) is 5.69 Å². The summed E-state index contributed by atoms with van der Waals surface area (Å²) in [5.74, 6) is -0.185. The van der Waals surface area contributed by atoms with Crippen molar-refractivity contribution in [1.82, 2.24) is 0 Å². The van der Waals surface area contributed by atoms with Crippen molar-refractivity contribution in [2.24, 2.45) is 0 Å². The Morgan fingerprint density at radius 2 is 1.46 bits per heavy atom. The number of carbonyl (C=O) groups is 2. The number of aryl methyl sites for hydroxylation is 2. The standard InChI is InChI=1S/C29H23N3O4S/c33-28(31-26-10-3-1-6-20(26)12-13-21-7-2-4-11-27(21)31)19-37-25-16-14-23(15-17-25)30-29(34)22-8-5-9-24(18-22)32(35)36/h1-11,14-18H,12-13,19H2,(H,30,34). The number of amides is 2. The number of nitro benzene ring substituents is 1. The Kier molecular flexibility index (Phi) is 7.00. The summed E-state index contributed by atoms with van der Waals surface area (Å²) in [7, 11) is 0. The fourth-order valence-corrected chi connectivity index (χ4v) is 5.10. The molecule has 1 aliphatic heterocycles. The SMILES string of the molecule is O=C(Nc1ccc(SCC(=O)N2c3ccccc3CCc3ccccc32)cc1)c1cccc([N+](=O)[O-])c1. The molecule has 0 atom stereocenters. The Morgan fingerprint density at radius 1 is 0.838 bits per heavy atom. The van der Waals surface area contributed by atoms with E-state index in [-0.39, 0.29) is 22.9 Å². The smallest absolute Gasteiger partial charge is 0.270 e. The van der Waals surface area contributed by atoms with E-state index >= 15 is 0 Å². The van der Waals surface area contributed by atoms with Crippen LogP contribution in [0.4, 0.5) is 22.7 Å². The average molecular weight is 510 g/mol. The van der Waals surface area contributed by atoms with Crippen LogP contribution >= 0.6 is 11.8 Å². The van der Waals surface area contributed by atoms with Gasteiger partial charge in [0.15, 0.2) is 0 Å². The zero-order valence-corrected chi connectivity index (χ0v) is 20.6. The van der Waals surface area contributed by atoms with Crippen LogP contribution in [0, 0.1) is 10.1 Å². The van der Waals surface area contributed by atoms with Gasteiger partial charge in [0.25, 0.3) is 11.6 Å². The summed E-state index contributed by atoms with van der Waals surface area (Å²) in [5.41, 5.74) is 4.79. The summed E-state index contributed by atoms with van der Waals surface area (Å²) in [5, 5.41) is 13.7. The minimum absolute atomic E-state index is 0.00477. The van der Waals surface area contributed by atoms with Crippen LogP contribution < -0.4 is 10.2 Å². The molecule has 7 nitrogen and oxygen atoms in total. The van der Waals surface area contributed by atoms with Gasteiger partial charge >= 0.3 is 0 Å². The Bertz CT molecular complexity index is 1440. The Balaban J connectivity index is 1.27. The fraction of sp³-hybridized carbons (Fsp3) is 0.103. The van der Waals surface area contributed by atoms with Crippen LogP contribution in [0.3, 0.4) is 0 Å². The lowest BCUT2D eigenvalue weighted by Gasteiger charge is -2.25. The number of nitro groups is 1. The Morgan fingerprint density at radius 3 is 2.08 bits per heavy atom. The number of rotatable bonds is 6. The molecule has 0 aliphatic carbocycles. The van der Waals surface area contributed by atoms with Crippen LogP contribution in [0.25, 0.3) is 0 Å². The van der Waals surface area contributed by atoms with Crippen LogP contribution in [-0.4, -0.2) is 22.5 Å². The summed E-state index contributed by atoms with van der Waals surface area (Å²) in [6.07, 6.45) is 1.77. The van der Waals surface area contributed by atoms with Gasteiger partial charge in [0.2, 0.25) is 5.91 Å². The lowest BCUT2D eigenvalue weighted by Crippen LogP contribution is -2.28. The molecule has 1 N–H and O–H groups in total. The first-order chi connectivity index (χ1) is 18.0. The first kappa shape index (κ1) is 24.3. The number of thioether (sulfide) groups is 1. The van der Waals surface area contributed by atoms with E-state index in [9.17, 15) is 19.7 Å². The lowest BCUT2D eigenvalue weighted by molar-refractivity contribution is -0.384. The van der Waals surface area contributed by atoms with Crippen molar-refractivity contribution in [3.8, 4) is 0 Å². The number of para-hydroxylation sites is 2. The normalized spacial score (nSPS) is 12.2. The molecule has 184 valence electrons. The predicted molar refractivity (Wildman–Crippen MR) is 146 cm³/mol. The third kappa shape index (κ3) is 5.39. The molecule has 5 rings (SSSR count). The quantitative estimate of drug-likeness (QED) is 0.184. The van der Waals surface area contributed by atoms with Crippen molar-refractivity contribution < 1.29 is 14.5 Å². The summed E-state index contributed by atoms with van der Waals surface area (Å²) >= 11 is 1.43. The molecule has 4 aromatic carbocycles. The van der Waals surface area contributed by atoms with Gasteiger partial charge in [-0.2, -0.15) is 0 Å². The summed E-state index contributed by atoms with van der Waals surface area (Å²) in [4.78, 5) is 39.1. The first-order valence-corrected chi connectivity index (χ1v) is 12.8. The largest absolute Gasteiger partial charge is 0.322 e. The number of benzene rings is 4. The maximum Gasteiger partial charge on any atom is 0.270 e. The van der Waals surface area contributed by atoms with E-state index < -0.39 is 10.8 Å². The molecule has 1 heterocycles. The second-order valence-corrected chi connectivity index (χ2v) is 9.61. The average Bonchev–Trinajstić information content (AvgIpc) is 3.09. The van der Waals surface area contributed by atoms with E-state index in [1.807, 2.05) is 53.4 Å². The van der Waals surface area contributed by atoms with Crippen molar-refractivity contribution in [1.29, 1.82) is 0 Å². The molecule has 8 heteroatoms. The highest BCUT2D eigenvalue weighted by molar-refractivity contribution is 8.00. The Hall–Kier alpha value is -4.43. The van der Waals surface area contributed by atoms with Gasteiger partial charge in [-0.3, -0.25) is 24.6 Å². The molecule has 1 aliphatic rings. The molecule has 37 heavy (non-hydrogen) atoms. The summed E-state index contributed by atoms with van der Waals surface area (Å²) < 4.78 is 0. The number of non-ortho nitro benzene ring substituents is 1. The minimum atomic E-state index is -0.535. The highest BCUT2D eigenvalue weighted by Gasteiger charge is 2.25. The molecule has 0 aromatic heterocycles. The highest BCUT2D eigenvalue weighted by Crippen LogP contribution is 2.36. The summed E-state index contributed by atoms with van der Waals surface area (Å²) in [6.45, 7) is 0. The van der Waals surface area contributed by atoms with Gasteiger partial charge in [0.1, 0.15) is 0 Å². The van der Waals surface area contributed by atoms with E-state index in [2.05, 4.69) is 17.4 Å². The van der Waals surface area contributed by atoms with Gasteiger partial charge < -0.3 is 5.32 Å². The molecule has 0 bridgehead atoms. The molecule has 4 aromatic rings. The maximum absolute atomic E-state index is 13.5. The molecular formula is C29H23N3O4S. The second kappa shape index (κ2) is 10.7. The molecule has 0 saturated heterocycles. The number of nitrogens with one attached hydrogen (secondary N) is 1. The van der Waals surface area contributed by atoms with Gasteiger partial charge in [-0.25, -0.2) is 0 Å². The van der Waals surface area contributed by atoms with Crippen molar-refractivity contribution in [2.45, 2.75) is 17.7 Å². The van der Waals surface area contributed by atoms with E-state index in [0.717, 1.165) is 40.2 Å². The van der Waals surface area contributed by atoms with Gasteiger partial charge in [-0.1, -0.05) is 42.5 Å². The van der Waals surface area contributed by atoms with Crippen molar-refractivity contribution in [2.75, 3.05) is 16.0 Å². The predicted octanol–water partition coefficient (Wildman–Crippen LogP) is 6.40. The number of nitrogens with zero attached hydrogens (tertiary/aromatic N) is 2. The van der Waals surface area contributed by atoms with Crippen molar-refractivity contribution in [3.63, 3.8) is 0 Å². The Labute approximate surface area is 218 Å². The molecule has 2 amide bonds. The monoisotopic (exact) mass is 509 g/mol. The number of carbonyl (C=O) groups excluding carboxylic acids is 2. The summed E-state index contributed by atoms with van der Waals surface area (Å²) in [6, 6.07) is 28.8. The number of hydrogen-bond acceptors (Lipinski definition) is 5. The van der Waals surface area contributed by atoms with Crippen LogP contribution in [0.5, 0.6) is 0 Å². The van der Waals surface area contributed by atoms with E-state index in [1.54, 1.807) is 12.1 Å². The lowest BCUT2D eigenvalue weighted by atomic mass is 10.0. The van der Waals surface area contributed by atoms with Gasteiger partial charge in [-0.15, -0.1) is 11.8 Å². The molecule has 0 unspecified atom stereocenters. The first-order valence-electron chi connectivity index (χ1n) is 11.8. The highest BCUT2D eigenvalue weighted by atomic mass is 32.2. The van der Waals surface area contributed by atoms with Crippen LogP contribution in [0.1, 0.15) is 21.5 Å². The van der Waals surface area contributed by atoms with Gasteiger partial charge in [0.05, 0.1) is 22.1 Å². The topological polar surface area (TPSA) is 92.6 Å². The second-order valence-electron chi connectivity index (χ2n) is 8.56. The van der Waals surface area contributed by atoms with E-state index in [4.69, 9.17) is 0 Å². The molecule has 0 radical (unpaired) electrons. The maximum atomic E-state index is 13.5. The number of hydrogen-bond donors (Lipinski definition) is 1. The zero-order chi connectivity index (χ0) is 25.8. The molecular weight excluding hydrogens is 486 g/mol. The van der Waals surface area contributed by atoms with Crippen LogP contribution in [0.2, 0.25) is 0 Å². The van der Waals surface area contributed by atoms with E-state index in [1.165, 1.54) is 36.0 Å². The van der Waals surface area contributed by atoms with Gasteiger partial charge in [-0.05, 0) is 66.4 Å². The van der Waals surface area contributed by atoms with Gasteiger partial charge in [0, 0.05) is 28.3 Å². The number of fused-ring (bicyclic) bond motifs is 2. The van der Waals surface area contributed by atoms with Crippen molar-refractivity contribution >= 4 is 46.3 Å². The van der Waals surface area contributed by atoms with Crippen molar-refractivity contribution in [3.05, 3.63) is 124 Å². The molecule has 0 saturated carbocycles. The zero-order valence-electron chi connectivity index (χ0n) is 19.8. The minimum Gasteiger partial charge on any atom is -0.322 e. The fourth-order valence-electron chi connectivity index (χ4n) is 4.36. The third-order valence-electron chi connectivity index (χ3n) is 6.17. The molecule has 0 fully saturated rings. The third-order valence-corrected chi connectivity index (χ3v) is 7.17. The molecule has 0 spiro atoms. The number of anilines is 3.